The monoisotopic (exact) mass is 252 g/mol. The summed E-state index contributed by atoms with van der Waals surface area (Å²) in [6.07, 6.45) is 4.32. The fraction of sp³-hybridized carbons (Fsp3) is 0.933. The number of hydrogen-bond acceptors (Lipinski definition) is 2. The third-order valence-electron chi connectivity index (χ3n) is 4.85. The summed E-state index contributed by atoms with van der Waals surface area (Å²) in [5.74, 6) is 2.41. The van der Waals surface area contributed by atoms with Gasteiger partial charge < -0.3 is 10.2 Å². The van der Waals surface area contributed by atoms with Gasteiger partial charge in [0.2, 0.25) is 5.91 Å². The zero-order valence-corrected chi connectivity index (χ0v) is 12.1. The van der Waals surface area contributed by atoms with E-state index in [1.54, 1.807) is 0 Å². The van der Waals surface area contributed by atoms with E-state index in [0.29, 0.717) is 23.8 Å². The molecule has 0 aliphatic carbocycles. The van der Waals surface area contributed by atoms with Crippen molar-refractivity contribution in [3.63, 3.8) is 0 Å². The van der Waals surface area contributed by atoms with Gasteiger partial charge in [0.25, 0.3) is 0 Å². The molecule has 1 amide bonds. The molecule has 2 fully saturated rings. The van der Waals surface area contributed by atoms with Gasteiger partial charge in [0.1, 0.15) is 0 Å². The van der Waals surface area contributed by atoms with Crippen LogP contribution in [0.5, 0.6) is 0 Å². The fourth-order valence-electron chi connectivity index (χ4n) is 3.48. The average Bonchev–Trinajstić information content (AvgIpc) is 2.83. The van der Waals surface area contributed by atoms with Crippen molar-refractivity contribution in [3.05, 3.63) is 0 Å². The minimum atomic E-state index is 0.382. The van der Waals surface area contributed by atoms with E-state index in [1.807, 2.05) is 0 Å². The second kappa shape index (κ2) is 6.05. The molecule has 0 saturated carbocycles. The standard InChI is InChI=1S/C15H28N2O/c1-11-8-12(2)13(3)17(10-11)15(18)5-4-14-6-7-16-9-14/h11-14,16H,4-10H2,1-3H3. The highest BCUT2D eigenvalue weighted by atomic mass is 16.2. The molecular formula is C15H28N2O. The summed E-state index contributed by atoms with van der Waals surface area (Å²) in [7, 11) is 0. The van der Waals surface area contributed by atoms with E-state index in [-0.39, 0.29) is 0 Å². The van der Waals surface area contributed by atoms with Crippen LogP contribution in [-0.4, -0.2) is 36.5 Å². The molecular weight excluding hydrogens is 224 g/mol. The van der Waals surface area contributed by atoms with Gasteiger partial charge in [-0.15, -0.1) is 0 Å². The van der Waals surface area contributed by atoms with Gasteiger partial charge in [0.15, 0.2) is 0 Å². The van der Waals surface area contributed by atoms with E-state index >= 15 is 0 Å². The molecule has 0 aromatic heterocycles. The van der Waals surface area contributed by atoms with Crippen LogP contribution in [0.3, 0.4) is 0 Å². The number of amides is 1. The molecule has 2 aliphatic heterocycles. The maximum Gasteiger partial charge on any atom is 0.222 e. The highest BCUT2D eigenvalue weighted by Gasteiger charge is 2.31. The van der Waals surface area contributed by atoms with Crippen LogP contribution in [0, 0.1) is 17.8 Å². The zero-order valence-electron chi connectivity index (χ0n) is 12.1. The summed E-state index contributed by atoms with van der Waals surface area (Å²) >= 11 is 0. The molecule has 1 N–H and O–H groups in total. The molecule has 0 radical (unpaired) electrons. The number of hydrogen-bond donors (Lipinski definition) is 1. The van der Waals surface area contributed by atoms with Gasteiger partial charge >= 0.3 is 0 Å². The lowest BCUT2D eigenvalue weighted by Crippen LogP contribution is -2.48. The van der Waals surface area contributed by atoms with E-state index in [0.717, 1.165) is 38.4 Å². The van der Waals surface area contributed by atoms with Crippen LogP contribution in [0.1, 0.15) is 46.5 Å². The Morgan fingerprint density at radius 3 is 2.78 bits per heavy atom. The van der Waals surface area contributed by atoms with Gasteiger partial charge in [0, 0.05) is 19.0 Å². The highest BCUT2D eigenvalue weighted by molar-refractivity contribution is 5.76. The molecule has 4 unspecified atom stereocenters. The predicted octanol–water partition coefficient (Wildman–Crippen LogP) is 2.27. The lowest BCUT2D eigenvalue weighted by atomic mass is 9.85. The largest absolute Gasteiger partial charge is 0.339 e. The number of carbonyl (C=O) groups is 1. The van der Waals surface area contributed by atoms with Gasteiger partial charge in [-0.2, -0.15) is 0 Å². The van der Waals surface area contributed by atoms with Crippen molar-refractivity contribution >= 4 is 5.91 Å². The van der Waals surface area contributed by atoms with Gasteiger partial charge in [-0.3, -0.25) is 4.79 Å². The molecule has 0 aromatic carbocycles. The van der Waals surface area contributed by atoms with Crippen molar-refractivity contribution in [2.45, 2.75) is 52.5 Å². The molecule has 2 rings (SSSR count). The molecule has 2 aliphatic rings. The molecule has 0 aromatic rings. The van der Waals surface area contributed by atoms with Crippen LogP contribution in [0.4, 0.5) is 0 Å². The van der Waals surface area contributed by atoms with E-state index in [1.165, 1.54) is 12.8 Å². The first kappa shape index (κ1) is 13.9. The molecule has 2 heterocycles. The summed E-state index contributed by atoms with van der Waals surface area (Å²) in [6, 6.07) is 0.426. The van der Waals surface area contributed by atoms with Crippen molar-refractivity contribution < 1.29 is 4.79 Å². The van der Waals surface area contributed by atoms with E-state index in [9.17, 15) is 4.79 Å². The number of nitrogens with zero attached hydrogens (tertiary/aromatic N) is 1. The van der Waals surface area contributed by atoms with Gasteiger partial charge in [-0.25, -0.2) is 0 Å². The first-order valence-corrected chi connectivity index (χ1v) is 7.58. The Hall–Kier alpha value is -0.570. The SMILES string of the molecule is CC1CC(C)C(C)N(C(=O)CCC2CCNC2)C1. The summed E-state index contributed by atoms with van der Waals surface area (Å²) in [6.45, 7) is 9.96. The number of likely N-dealkylation sites (tertiary alicyclic amines) is 1. The van der Waals surface area contributed by atoms with E-state index in [2.05, 4.69) is 31.0 Å². The van der Waals surface area contributed by atoms with Crippen LogP contribution < -0.4 is 5.32 Å². The van der Waals surface area contributed by atoms with Crippen molar-refractivity contribution in [1.29, 1.82) is 0 Å². The van der Waals surface area contributed by atoms with Crippen LogP contribution in [-0.2, 0) is 4.79 Å². The van der Waals surface area contributed by atoms with E-state index < -0.39 is 0 Å². The summed E-state index contributed by atoms with van der Waals surface area (Å²) in [5.41, 5.74) is 0. The topological polar surface area (TPSA) is 32.3 Å². The second-order valence-electron chi connectivity index (χ2n) is 6.50. The predicted molar refractivity (Wildman–Crippen MR) is 74.3 cm³/mol. The Kier molecular flexibility index (Phi) is 4.66. The lowest BCUT2D eigenvalue weighted by molar-refractivity contribution is -0.137. The molecule has 3 nitrogen and oxygen atoms in total. The molecule has 3 heteroatoms. The molecule has 104 valence electrons. The lowest BCUT2D eigenvalue weighted by Gasteiger charge is -2.41. The van der Waals surface area contributed by atoms with E-state index in [4.69, 9.17) is 0 Å². The minimum absolute atomic E-state index is 0.382. The zero-order chi connectivity index (χ0) is 13.1. The third kappa shape index (κ3) is 3.25. The maximum atomic E-state index is 12.4. The van der Waals surface area contributed by atoms with Crippen molar-refractivity contribution in [3.8, 4) is 0 Å². The van der Waals surface area contributed by atoms with Gasteiger partial charge in [-0.1, -0.05) is 13.8 Å². The summed E-state index contributed by atoms with van der Waals surface area (Å²) < 4.78 is 0. The Morgan fingerprint density at radius 1 is 1.33 bits per heavy atom. The number of rotatable bonds is 3. The first-order valence-electron chi connectivity index (χ1n) is 7.58. The Labute approximate surface area is 111 Å². The molecule has 0 bridgehead atoms. The summed E-state index contributed by atoms with van der Waals surface area (Å²) in [5, 5.41) is 3.37. The first-order chi connectivity index (χ1) is 8.58. The van der Waals surface area contributed by atoms with Crippen LogP contribution >= 0.6 is 0 Å². The quantitative estimate of drug-likeness (QED) is 0.835. The van der Waals surface area contributed by atoms with Crippen molar-refractivity contribution in [2.24, 2.45) is 17.8 Å². The highest BCUT2D eigenvalue weighted by Crippen LogP contribution is 2.28. The van der Waals surface area contributed by atoms with Crippen LogP contribution in [0.25, 0.3) is 0 Å². The maximum absolute atomic E-state index is 12.4. The fourth-order valence-corrected chi connectivity index (χ4v) is 3.48. The third-order valence-corrected chi connectivity index (χ3v) is 4.85. The van der Waals surface area contributed by atoms with Crippen LogP contribution in [0.2, 0.25) is 0 Å². The smallest absolute Gasteiger partial charge is 0.222 e. The molecule has 18 heavy (non-hydrogen) atoms. The van der Waals surface area contributed by atoms with Crippen molar-refractivity contribution in [1.82, 2.24) is 10.2 Å². The Bertz CT molecular complexity index is 286. The van der Waals surface area contributed by atoms with Crippen LogP contribution in [0.15, 0.2) is 0 Å². The molecule has 4 atom stereocenters. The minimum Gasteiger partial charge on any atom is -0.339 e. The normalized spacial score (nSPS) is 36.9. The number of piperidine rings is 1. The average molecular weight is 252 g/mol. The van der Waals surface area contributed by atoms with Gasteiger partial charge in [-0.05, 0) is 57.0 Å². The summed E-state index contributed by atoms with van der Waals surface area (Å²) in [4.78, 5) is 14.5. The molecule has 0 spiro atoms. The Morgan fingerprint density at radius 2 is 2.11 bits per heavy atom. The second-order valence-corrected chi connectivity index (χ2v) is 6.50. The number of carbonyl (C=O) groups excluding carboxylic acids is 1. The van der Waals surface area contributed by atoms with Gasteiger partial charge in [0.05, 0.1) is 0 Å². The number of nitrogens with one attached hydrogen (secondary N) is 1. The Balaban J connectivity index is 1.82. The molecule has 2 saturated heterocycles. The van der Waals surface area contributed by atoms with Crippen molar-refractivity contribution in [2.75, 3.05) is 19.6 Å².